The van der Waals surface area contributed by atoms with Gasteiger partial charge in [-0.25, -0.2) is 0 Å². The van der Waals surface area contributed by atoms with Gasteiger partial charge in [0.1, 0.15) is 18.1 Å². The molecule has 0 aliphatic carbocycles. The van der Waals surface area contributed by atoms with Gasteiger partial charge in [0, 0.05) is 18.0 Å². The molecule has 1 heterocycles. The van der Waals surface area contributed by atoms with Gasteiger partial charge in [-0.15, -0.1) is 0 Å². The van der Waals surface area contributed by atoms with E-state index in [1.807, 2.05) is 0 Å². The molecule has 6 nitrogen and oxygen atoms in total. The molecule has 0 atom stereocenters. The Labute approximate surface area is 115 Å². The third-order valence-electron chi connectivity index (χ3n) is 2.40. The summed E-state index contributed by atoms with van der Waals surface area (Å²) >= 11 is 5.90. The Balaban J connectivity index is 2.02. The van der Waals surface area contributed by atoms with E-state index in [4.69, 9.17) is 22.1 Å². The molecule has 0 aliphatic rings. The average molecular weight is 281 g/mol. The largest absolute Gasteiger partial charge is 0.495 e. The smallest absolute Gasteiger partial charge is 0.246 e. The van der Waals surface area contributed by atoms with Crippen LogP contribution >= 0.6 is 11.6 Å². The number of nitrogens with two attached hydrogens (primary N) is 1. The number of nitrogen functional groups attached to an aromatic ring is 1. The van der Waals surface area contributed by atoms with Crippen LogP contribution in [0.1, 0.15) is 0 Å². The van der Waals surface area contributed by atoms with Crippen LogP contribution in [0.3, 0.4) is 0 Å². The van der Waals surface area contributed by atoms with E-state index in [-0.39, 0.29) is 12.5 Å². The number of amides is 1. The predicted octanol–water partition coefficient (Wildman–Crippen LogP) is 1.77. The molecule has 100 valence electrons. The maximum absolute atomic E-state index is 11.8. The zero-order chi connectivity index (χ0) is 13.8. The fourth-order valence-electron chi connectivity index (χ4n) is 1.55. The first kappa shape index (κ1) is 13.2. The lowest BCUT2D eigenvalue weighted by Gasteiger charge is -2.08. The van der Waals surface area contributed by atoms with E-state index in [0.717, 1.165) is 0 Å². The SMILES string of the molecule is COc1cc(NC(=O)Cn2ccc(N)n2)ccc1Cl. The van der Waals surface area contributed by atoms with Crippen molar-refractivity contribution < 1.29 is 9.53 Å². The Morgan fingerprint density at radius 2 is 2.32 bits per heavy atom. The minimum atomic E-state index is -0.215. The fourth-order valence-corrected chi connectivity index (χ4v) is 1.75. The van der Waals surface area contributed by atoms with E-state index in [0.29, 0.717) is 22.3 Å². The normalized spacial score (nSPS) is 10.2. The van der Waals surface area contributed by atoms with Crippen LogP contribution in [0.2, 0.25) is 5.02 Å². The quantitative estimate of drug-likeness (QED) is 0.894. The molecule has 1 amide bonds. The van der Waals surface area contributed by atoms with Gasteiger partial charge in [0.05, 0.1) is 12.1 Å². The van der Waals surface area contributed by atoms with Gasteiger partial charge in [-0.2, -0.15) is 5.10 Å². The number of halogens is 1. The van der Waals surface area contributed by atoms with Crippen molar-refractivity contribution in [1.82, 2.24) is 9.78 Å². The molecule has 0 fully saturated rings. The van der Waals surface area contributed by atoms with Crippen molar-refractivity contribution in [3.05, 3.63) is 35.5 Å². The Bertz CT molecular complexity index is 597. The number of anilines is 2. The van der Waals surface area contributed by atoms with Crippen LogP contribution in [-0.2, 0) is 11.3 Å². The molecule has 2 rings (SSSR count). The van der Waals surface area contributed by atoms with Gasteiger partial charge < -0.3 is 15.8 Å². The number of rotatable bonds is 4. The van der Waals surface area contributed by atoms with E-state index >= 15 is 0 Å². The molecule has 19 heavy (non-hydrogen) atoms. The molecule has 2 aromatic rings. The third kappa shape index (κ3) is 3.38. The number of carbonyl (C=O) groups excluding carboxylic acids is 1. The number of hydrogen-bond donors (Lipinski definition) is 2. The summed E-state index contributed by atoms with van der Waals surface area (Å²) in [5.41, 5.74) is 6.07. The maximum Gasteiger partial charge on any atom is 0.246 e. The van der Waals surface area contributed by atoms with E-state index in [9.17, 15) is 4.79 Å². The molecule has 3 N–H and O–H groups in total. The zero-order valence-corrected chi connectivity index (χ0v) is 11.0. The highest BCUT2D eigenvalue weighted by atomic mass is 35.5. The van der Waals surface area contributed by atoms with Crippen molar-refractivity contribution in [2.24, 2.45) is 0 Å². The van der Waals surface area contributed by atoms with E-state index < -0.39 is 0 Å². The Hall–Kier alpha value is -2.21. The maximum atomic E-state index is 11.8. The van der Waals surface area contributed by atoms with Crippen molar-refractivity contribution in [1.29, 1.82) is 0 Å². The van der Waals surface area contributed by atoms with Crippen molar-refractivity contribution in [2.75, 3.05) is 18.2 Å². The first-order valence-electron chi connectivity index (χ1n) is 5.51. The topological polar surface area (TPSA) is 82.2 Å². The van der Waals surface area contributed by atoms with Gasteiger partial charge in [-0.3, -0.25) is 9.48 Å². The van der Waals surface area contributed by atoms with E-state index in [1.54, 1.807) is 30.5 Å². The first-order valence-corrected chi connectivity index (χ1v) is 5.88. The third-order valence-corrected chi connectivity index (χ3v) is 2.71. The summed E-state index contributed by atoms with van der Waals surface area (Å²) in [6, 6.07) is 6.62. The van der Waals surface area contributed by atoms with Crippen molar-refractivity contribution in [2.45, 2.75) is 6.54 Å². The summed E-state index contributed by atoms with van der Waals surface area (Å²) in [4.78, 5) is 11.8. The van der Waals surface area contributed by atoms with Crippen LogP contribution < -0.4 is 15.8 Å². The van der Waals surface area contributed by atoms with Gasteiger partial charge in [0.25, 0.3) is 0 Å². The Morgan fingerprint density at radius 3 is 2.95 bits per heavy atom. The summed E-state index contributed by atoms with van der Waals surface area (Å²) in [6.07, 6.45) is 1.64. The van der Waals surface area contributed by atoms with Crippen LogP contribution in [0.15, 0.2) is 30.5 Å². The lowest BCUT2D eigenvalue weighted by atomic mass is 10.3. The van der Waals surface area contributed by atoms with E-state index in [2.05, 4.69) is 10.4 Å². The zero-order valence-electron chi connectivity index (χ0n) is 10.3. The van der Waals surface area contributed by atoms with E-state index in [1.165, 1.54) is 11.8 Å². The minimum Gasteiger partial charge on any atom is -0.495 e. The minimum absolute atomic E-state index is 0.0855. The molecule has 0 aliphatic heterocycles. The van der Waals surface area contributed by atoms with Crippen LogP contribution in [0.25, 0.3) is 0 Å². The molecule has 0 radical (unpaired) electrons. The fraction of sp³-hybridized carbons (Fsp3) is 0.167. The van der Waals surface area contributed by atoms with Crippen LogP contribution in [-0.4, -0.2) is 22.8 Å². The summed E-state index contributed by atoms with van der Waals surface area (Å²) in [5.74, 6) is 0.663. The second kappa shape index (κ2) is 5.62. The molecule has 1 aromatic heterocycles. The first-order chi connectivity index (χ1) is 9.08. The van der Waals surface area contributed by atoms with Gasteiger partial charge in [0.2, 0.25) is 5.91 Å². The molecule has 1 aromatic carbocycles. The highest BCUT2D eigenvalue weighted by molar-refractivity contribution is 6.32. The Kier molecular flexibility index (Phi) is 3.91. The molecule has 0 saturated heterocycles. The molecule has 0 saturated carbocycles. The Morgan fingerprint density at radius 1 is 1.53 bits per heavy atom. The molecule has 0 spiro atoms. The van der Waals surface area contributed by atoms with Gasteiger partial charge >= 0.3 is 0 Å². The molecular formula is C12H13ClN4O2. The number of benzene rings is 1. The van der Waals surface area contributed by atoms with Crippen LogP contribution in [0, 0.1) is 0 Å². The van der Waals surface area contributed by atoms with Gasteiger partial charge in [-0.1, -0.05) is 11.6 Å². The average Bonchev–Trinajstić information content (AvgIpc) is 2.77. The second-order valence-electron chi connectivity index (χ2n) is 3.84. The van der Waals surface area contributed by atoms with Crippen LogP contribution in [0.5, 0.6) is 5.75 Å². The molecule has 0 unspecified atom stereocenters. The highest BCUT2D eigenvalue weighted by Crippen LogP contribution is 2.27. The lowest BCUT2D eigenvalue weighted by Crippen LogP contribution is -2.19. The van der Waals surface area contributed by atoms with Crippen molar-refractivity contribution in [3.63, 3.8) is 0 Å². The van der Waals surface area contributed by atoms with Gasteiger partial charge in [0.15, 0.2) is 0 Å². The van der Waals surface area contributed by atoms with Crippen molar-refractivity contribution in [3.8, 4) is 5.75 Å². The number of nitrogens with zero attached hydrogens (tertiary/aromatic N) is 2. The highest BCUT2D eigenvalue weighted by Gasteiger charge is 2.07. The van der Waals surface area contributed by atoms with Gasteiger partial charge in [-0.05, 0) is 18.2 Å². The summed E-state index contributed by atoms with van der Waals surface area (Å²) < 4.78 is 6.53. The lowest BCUT2D eigenvalue weighted by molar-refractivity contribution is -0.116. The predicted molar refractivity (Wildman–Crippen MR) is 73.3 cm³/mol. The number of hydrogen-bond acceptors (Lipinski definition) is 4. The number of methoxy groups -OCH3 is 1. The summed E-state index contributed by atoms with van der Waals surface area (Å²) in [6.45, 7) is 0.0855. The standard InChI is InChI=1S/C12H13ClN4O2/c1-19-10-6-8(2-3-9(10)13)15-12(18)7-17-5-4-11(14)16-17/h2-6H,7H2,1H3,(H2,14,16)(H,15,18). The summed E-state index contributed by atoms with van der Waals surface area (Å²) in [7, 11) is 1.51. The number of ether oxygens (including phenoxy) is 1. The summed E-state index contributed by atoms with van der Waals surface area (Å²) in [5, 5.41) is 7.14. The second-order valence-corrected chi connectivity index (χ2v) is 4.24. The molecular weight excluding hydrogens is 268 g/mol. The molecule has 0 bridgehead atoms. The number of carbonyl (C=O) groups is 1. The van der Waals surface area contributed by atoms with Crippen molar-refractivity contribution >= 4 is 29.0 Å². The number of nitrogens with one attached hydrogen (secondary N) is 1. The molecule has 7 heteroatoms. The monoisotopic (exact) mass is 280 g/mol. The van der Waals surface area contributed by atoms with Crippen LogP contribution in [0.4, 0.5) is 11.5 Å². The number of aromatic nitrogens is 2.